The molecular formula is C19H30N2O3S. The van der Waals surface area contributed by atoms with Crippen molar-refractivity contribution in [3.63, 3.8) is 0 Å². The number of nitrogens with zero attached hydrogens (tertiary/aromatic N) is 2. The maximum absolute atomic E-state index is 12.9. The molecule has 1 aromatic rings. The molecule has 1 aromatic carbocycles. The summed E-state index contributed by atoms with van der Waals surface area (Å²) in [4.78, 5) is 14.6. The molecule has 1 aliphatic heterocycles. The first-order valence-electron chi connectivity index (χ1n) is 9.11. The Morgan fingerprint density at radius 1 is 1.16 bits per heavy atom. The third-order valence-electron chi connectivity index (χ3n) is 4.86. The third kappa shape index (κ3) is 4.82. The highest BCUT2D eigenvalue weighted by Crippen LogP contribution is 2.23. The van der Waals surface area contributed by atoms with Crippen LogP contribution in [0.5, 0.6) is 0 Å². The Morgan fingerprint density at radius 2 is 1.80 bits per heavy atom. The van der Waals surface area contributed by atoms with Gasteiger partial charge in [-0.25, -0.2) is 8.42 Å². The molecule has 2 rings (SSSR count). The summed E-state index contributed by atoms with van der Waals surface area (Å²) in [6, 6.07) is 5.49. The Morgan fingerprint density at radius 3 is 2.40 bits per heavy atom. The van der Waals surface area contributed by atoms with E-state index in [2.05, 4.69) is 13.8 Å². The Labute approximate surface area is 152 Å². The summed E-state index contributed by atoms with van der Waals surface area (Å²) >= 11 is 0. The van der Waals surface area contributed by atoms with Crippen LogP contribution in [0.3, 0.4) is 0 Å². The van der Waals surface area contributed by atoms with Crippen molar-refractivity contribution in [1.29, 1.82) is 0 Å². The minimum atomic E-state index is -3.50. The fourth-order valence-electron chi connectivity index (χ4n) is 3.32. The van der Waals surface area contributed by atoms with Gasteiger partial charge in [-0.3, -0.25) is 4.79 Å². The molecule has 25 heavy (non-hydrogen) atoms. The van der Waals surface area contributed by atoms with E-state index in [1.807, 2.05) is 26.0 Å². The quantitative estimate of drug-likeness (QED) is 0.778. The zero-order chi connectivity index (χ0) is 18.6. The standard InChI is InChI=1S/C19H30N2O3S/c1-5-6-15(2)14-19(22)20-9-11-21(12-10-20)25(23,24)18-13-16(3)7-8-17(18)4/h7-8,13,15H,5-6,9-12,14H2,1-4H3. The average molecular weight is 367 g/mol. The number of rotatable bonds is 6. The van der Waals surface area contributed by atoms with Crippen LogP contribution >= 0.6 is 0 Å². The molecule has 1 unspecified atom stereocenters. The summed E-state index contributed by atoms with van der Waals surface area (Å²) in [6.45, 7) is 9.62. The molecule has 6 heteroatoms. The smallest absolute Gasteiger partial charge is 0.243 e. The van der Waals surface area contributed by atoms with Crippen LogP contribution in [-0.4, -0.2) is 49.7 Å². The van der Waals surface area contributed by atoms with Crippen molar-refractivity contribution in [2.45, 2.75) is 51.9 Å². The molecule has 0 saturated carbocycles. The lowest BCUT2D eigenvalue weighted by Crippen LogP contribution is -2.50. The van der Waals surface area contributed by atoms with Crippen LogP contribution in [0.4, 0.5) is 0 Å². The molecule has 1 saturated heterocycles. The number of hydrogen-bond acceptors (Lipinski definition) is 3. The number of sulfonamides is 1. The molecule has 1 aliphatic rings. The second-order valence-corrected chi connectivity index (χ2v) is 9.06. The number of aryl methyl sites for hydroxylation is 2. The lowest BCUT2D eigenvalue weighted by Gasteiger charge is -2.34. The number of benzene rings is 1. The van der Waals surface area contributed by atoms with Gasteiger partial charge in [0, 0.05) is 32.6 Å². The summed E-state index contributed by atoms with van der Waals surface area (Å²) in [6.07, 6.45) is 2.68. The van der Waals surface area contributed by atoms with Gasteiger partial charge in [0.2, 0.25) is 15.9 Å². The predicted molar refractivity (Wildman–Crippen MR) is 99.9 cm³/mol. The molecule has 0 spiro atoms. The van der Waals surface area contributed by atoms with Gasteiger partial charge in [0.1, 0.15) is 0 Å². The first-order valence-corrected chi connectivity index (χ1v) is 10.5. The maximum atomic E-state index is 12.9. The Hall–Kier alpha value is -1.40. The zero-order valence-corrected chi connectivity index (χ0v) is 16.6. The van der Waals surface area contributed by atoms with Gasteiger partial charge in [0.15, 0.2) is 0 Å². The van der Waals surface area contributed by atoms with Gasteiger partial charge in [0.25, 0.3) is 0 Å². The number of piperazine rings is 1. The topological polar surface area (TPSA) is 57.7 Å². The van der Waals surface area contributed by atoms with Crippen molar-refractivity contribution in [2.75, 3.05) is 26.2 Å². The summed E-state index contributed by atoms with van der Waals surface area (Å²) in [5, 5.41) is 0. The Kier molecular flexibility index (Phi) is 6.63. The third-order valence-corrected chi connectivity index (χ3v) is 6.90. The van der Waals surface area contributed by atoms with E-state index >= 15 is 0 Å². The molecule has 1 atom stereocenters. The molecule has 140 valence electrons. The first-order chi connectivity index (χ1) is 11.8. The van der Waals surface area contributed by atoms with Crippen molar-refractivity contribution in [1.82, 2.24) is 9.21 Å². The first kappa shape index (κ1) is 19.9. The van der Waals surface area contributed by atoms with Crippen molar-refractivity contribution in [3.8, 4) is 0 Å². The highest BCUT2D eigenvalue weighted by Gasteiger charge is 2.31. The lowest BCUT2D eigenvalue weighted by atomic mass is 10.0. The van der Waals surface area contributed by atoms with E-state index in [0.29, 0.717) is 43.4 Å². The molecule has 5 nitrogen and oxygen atoms in total. The van der Waals surface area contributed by atoms with E-state index in [9.17, 15) is 13.2 Å². The van der Waals surface area contributed by atoms with Gasteiger partial charge in [-0.1, -0.05) is 38.8 Å². The summed E-state index contributed by atoms with van der Waals surface area (Å²) in [5.74, 6) is 0.527. The molecule has 1 heterocycles. The minimum Gasteiger partial charge on any atom is -0.340 e. The summed E-state index contributed by atoms with van der Waals surface area (Å²) < 4.78 is 27.4. The largest absolute Gasteiger partial charge is 0.340 e. The van der Waals surface area contributed by atoms with Crippen LogP contribution in [0.25, 0.3) is 0 Å². The number of carbonyl (C=O) groups excluding carboxylic acids is 1. The molecule has 0 aliphatic carbocycles. The number of amides is 1. The van der Waals surface area contributed by atoms with Gasteiger partial charge >= 0.3 is 0 Å². The van der Waals surface area contributed by atoms with E-state index in [-0.39, 0.29) is 5.91 Å². The number of hydrogen-bond donors (Lipinski definition) is 0. The second-order valence-electron chi connectivity index (χ2n) is 7.15. The molecular weight excluding hydrogens is 336 g/mol. The fourth-order valence-corrected chi connectivity index (χ4v) is 5.06. The van der Waals surface area contributed by atoms with E-state index in [1.165, 1.54) is 4.31 Å². The molecule has 0 radical (unpaired) electrons. The van der Waals surface area contributed by atoms with Crippen molar-refractivity contribution < 1.29 is 13.2 Å². The zero-order valence-electron chi connectivity index (χ0n) is 15.8. The highest BCUT2D eigenvalue weighted by molar-refractivity contribution is 7.89. The van der Waals surface area contributed by atoms with Gasteiger partial charge in [0.05, 0.1) is 4.90 Å². The predicted octanol–water partition coefficient (Wildman–Crippen LogP) is 2.96. The molecule has 0 bridgehead atoms. The van der Waals surface area contributed by atoms with E-state index in [0.717, 1.165) is 24.0 Å². The fraction of sp³-hybridized carbons (Fsp3) is 0.632. The maximum Gasteiger partial charge on any atom is 0.243 e. The lowest BCUT2D eigenvalue weighted by molar-refractivity contribution is -0.133. The highest BCUT2D eigenvalue weighted by atomic mass is 32.2. The van der Waals surface area contributed by atoms with Crippen molar-refractivity contribution in [3.05, 3.63) is 29.3 Å². The van der Waals surface area contributed by atoms with Crippen molar-refractivity contribution >= 4 is 15.9 Å². The van der Waals surface area contributed by atoms with Crippen LogP contribution in [-0.2, 0) is 14.8 Å². The Balaban J connectivity index is 2.01. The molecule has 0 aromatic heterocycles. The molecule has 0 N–H and O–H groups in total. The average Bonchev–Trinajstić information content (AvgIpc) is 2.57. The van der Waals surface area contributed by atoms with Gasteiger partial charge in [-0.2, -0.15) is 4.31 Å². The summed E-state index contributed by atoms with van der Waals surface area (Å²) in [5.41, 5.74) is 1.69. The number of carbonyl (C=O) groups is 1. The molecule has 1 amide bonds. The van der Waals surface area contributed by atoms with Crippen LogP contribution < -0.4 is 0 Å². The van der Waals surface area contributed by atoms with Gasteiger partial charge in [-0.15, -0.1) is 0 Å². The van der Waals surface area contributed by atoms with Gasteiger partial charge in [-0.05, 0) is 37.0 Å². The van der Waals surface area contributed by atoms with Crippen LogP contribution in [0.15, 0.2) is 23.1 Å². The van der Waals surface area contributed by atoms with E-state index < -0.39 is 10.0 Å². The second kappa shape index (κ2) is 8.32. The molecule has 1 fully saturated rings. The minimum absolute atomic E-state index is 0.143. The van der Waals surface area contributed by atoms with Crippen LogP contribution in [0.1, 0.15) is 44.2 Å². The van der Waals surface area contributed by atoms with Crippen LogP contribution in [0.2, 0.25) is 0 Å². The summed E-state index contributed by atoms with van der Waals surface area (Å²) in [7, 11) is -3.50. The Bertz CT molecular complexity index is 707. The van der Waals surface area contributed by atoms with E-state index in [4.69, 9.17) is 0 Å². The van der Waals surface area contributed by atoms with Crippen molar-refractivity contribution in [2.24, 2.45) is 5.92 Å². The SMILES string of the molecule is CCCC(C)CC(=O)N1CCN(S(=O)(=O)c2cc(C)ccc2C)CC1. The van der Waals surface area contributed by atoms with Crippen LogP contribution in [0, 0.1) is 19.8 Å². The monoisotopic (exact) mass is 366 g/mol. The van der Waals surface area contributed by atoms with Gasteiger partial charge < -0.3 is 4.90 Å². The van der Waals surface area contributed by atoms with E-state index in [1.54, 1.807) is 11.0 Å². The normalized spacial score (nSPS) is 17.5.